The number of rotatable bonds is 9. The topological polar surface area (TPSA) is 136 Å². The molecular weight excluding hydrogens is 252 g/mol. The smallest absolute Gasteiger partial charge is 0.322 e. The molecule has 0 bridgehead atoms. The van der Waals surface area contributed by atoms with Crippen LogP contribution in [0.4, 0.5) is 0 Å². The van der Waals surface area contributed by atoms with E-state index in [-0.39, 0.29) is 18.6 Å². The average molecular weight is 266 g/mol. The molecule has 0 spiro atoms. The molecule has 0 aliphatic heterocycles. The molecule has 0 saturated heterocycles. The Labute approximate surface area is 102 Å². The molecule has 98 valence electrons. The Bertz CT molecular complexity index is 298. The summed E-state index contributed by atoms with van der Waals surface area (Å²) in [6, 6.07) is -2.22. The maximum atomic E-state index is 10.7. The average Bonchev–Trinajstić information content (AvgIpc) is 2.21. The van der Waals surface area contributed by atoms with Crippen LogP contribution in [0.15, 0.2) is 0 Å². The van der Waals surface area contributed by atoms with E-state index < -0.39 is 30.0 Å². The van der Waals surface area contributed by atoms with Gasteiger partial charge in [-0.15, -0.1) is 0 Å². The van der Waals surface area contributed by atoms with Gasteiger partial charge in [0.05, 0.1) is 0 Å². The first kappa shape index (κ1) is 15.7. The standard InChI is InChI=1S/C8H14N2O6S/c11-6(12)2-1-4(7(13)14)9-10-5(3-17)8(15)16/h4-5,9-10,17H,1-3H2,(H,11,12)(H,13,14)(H,15,16)/t4-,5-/m0/s1. The van der Waals surface area contributed by atoms with Crippen molar-refractivity contribution in [3.8, 4) is 0 Å². The van der Waals surface area contributed by atoms with Crippen LogP contribution in [0.5, 0.6) is 0 Å². The highest BCUT2D eigenvalue weighted by atomic mass is 32.1. The number of carbonyl (C=O) groups is 3. The van der Waals surface area contributed by atoms with E-state index in [1.165, 1.54) is 0 Å². The predicted octanol–water partition coefficient (Wildman–Crippen LogP) is -1.22. The van der Waals surface area contributed by atoms with Gasteiger partial charge in [-0.2, -0.15) is 12.6 Å². The Kier molecular flexibility index (Phi) is 7.26. The van der Waals surface area contributed by atoms with E-state index in [0.29, 0.717) is 0 Å². The van der Waals surface area contributed by atoms with E-state index in [4.69, 9.17) is 15.3 Å². The summed E-state index contributed by atoms with van der Waals surface area (Å²) in [5.74, 6) is -3.60. The van der Waals surface area contributed by atoms with Crippen molar-refractivity contribution in [1.82, 2.24) is 10.9 Å². The molecule has 0 aliphatic rings. The van der Waals surface area contributed by atoms with Crippen molar-refractivity contribution in [3.63, 3.8) is 0 Å². The molecule has 17 heavy (non-hydrogen) atoms. The Morgan fingerprint density at radius 2 is 1.47 bits per heavy atom. The van der Waals surface area contributed by atoms with E-state index >= 15 is 0 Å². The number of hydrogen-bond acceptors (Lipinski definition) is 6. The van der Waals surface area contributed by atoms with Crippen molar-refractivity contribution in [2.75, 3.05) is 5.75 Å². The van der Waals surface area contributed by atoms with Crippen LogP contribution in [-0.4, -0.2) is 51.1 Å². The summed E-state index contributed by atoms with van der Waals surface area (Å²) < 4.78 is 0. The third-order valence-electron chi connectivity index (χ3n) is 1.86. The van der Waals surface area contributed by atoms with Crippen LogP contribution in [0.25, 0.3) is 0 Å². The van der Waals surface area contributed by atoms with Crippen molar-refractivity contribution < 1.29 is 29.7 Å². The zero-order chi connectivity index (χ0) is 13.4. The molecule has 0 aliphatic carbocycles. The SMILES string of the molecule is O=C(O)CC[C@H](NN[C@@H](CS)C(=O)O)C(=O)O. The summed E-state index contributed by atoms with van der Waals surface area (Å²) in [5, 5.41) is 25.8. The number of thiol groups is 1. The van der Waals surface area contributed by atoms with Crippen LogP contribution in [0.1, 0.15) is 12.8 Å². The Morgan fingerprint density at radius 1 is 1.00 bits per heavy atom. The van der Waals surface area contributed by atoms with Gasteiger partial charge in [0.1, 0.15) is 12.1 Å². The molecule has 0 aromatic rings. The number of carboxylic acids is 3. The van der Waals surface area contributed by atoms with E-state index in [0.717, 1.165) is 0 Å². The fraction of sp³-hybridized carbons (Fsp3) is 0.625. The molecule has 0 fully saturated rings. The predicted molar refractivity (Wildman–Crippen MR) is 59.8 cm³/mol. The molecule has 0 amide bonds. The molecule has 0 heterocycles. The summed E-state index contributed by atoms with van der Waals surface area (Å²) in [6.45, 7) is 0. The lowest BCUT2D eigenvalue weighted by Crippen LogP contribution is -2.53. The van der Waals surface area contributed by atoms with Gasteiger partial charge >= 0.3 is 17.9 Å². The third kappa shape index (κ3) is 6.76. The van der Waals surface area contributed by atoms with Crippen molar-refractivity contribution in [1.29, 1.82) is 0 Å². The molecule has 5 N–H and O–H groups in total. The fourth-order valence-corrected chi connectivity index (χ4v) is 1.16. The van der Waals surface area contributed by atoms with Gasteiger partial charge in [0.25, 0.3) is 0 Å². The lowest BCUT2D eigenvalue weighted by atomic mass is 10.2. The zero-order valence-electron chi connectivity index (χ0n) is 8.79. The Balaban J connectivity index is 4.21. The molecule has 0 saturated carbocycles. The highest BCUT2D eigenvalue weighted by molar-refractivity contribution is 7.80. The van der Waals surface area contributed by atoms with Crippen LogP contribution in [0.3, 0.4) is 0 Å². The minimum absolute atomic E-state index is 0.0341. The molecule has 0 unspecified atom stereocenters. The Morgan fingerprint density at radius 3 is 1.82 bits per heavy atom. The number of aliphatic carboxylic acids is 3. The monoisotopic (exact) mass is 266 g/mol. The van der Waals surface area contributed by atoms with Crippen LogP contribution < -0.4 is 10.9 Å². The zero-order valence-corrected chi connectivity index (χ0v) is 9.68. The highest BCUT2D eigenvalue weighted by Gasteiger charge is 2.21. The van der Waals surface area contributed by atoms with Crippen LogP contribution in [-0.2, 0) is 14.4 Å². The van der Waals surface area contributed by atoms with Gasteiger partial charge in [-0.1, -0.05) is 0 Å². The summed E-state index contributed by atoms with van der Waals surface area (Å²) in [7, 11) is 0. The second-order valence-electron chi connectivity index (χ2n) is 3.19. The molecule has 9 heteroatoms. The first-order chi connectivity index (χ1) is 7.88. The van der Waals surface area contributed by atoms with Crippen LogP contribution in [0, 0.1) is 0 Å². The van der Waals surface area contributed by atoms with Crippen molar-refractivity contribution in [2.24, 2.45) is 0 Å². The van der Waals surface area contributed by atoms with Crippen molar-refractivity contribution >= 4 is 30.5 Å². The van der Waals surface area contributed by atoms with E-state index in [1.54, 1.807) is 0 Å². The Hall–Kier alpha value is -1.32. The van der Waals surface area contributed by atoms with Crippen molar-refractivity contribution in [3.05, 3.63) is 0 Å². The largest absolute Gasteiger partial charge is 0.481 e. The number of carboxylic acid groups (broad SMARTS) is 3. The molecule has 2 atom stereocenters. The summed E-state index contributed by atoms with van der Waals surface area (Å²) in [4.78, 5) is 31.6. The maximum Gasteiger partial charge on any atom is 0.322 e. The van der Waals surface area contributed by atoms with E-state index in [1.807, 2.05) is 0 Å². The molecule has 0 rings (SSSR count). The molecule has 0 aromatic heterocycles. The van der Waals surface area contributed by atoms with Gasteiger partial charge in [-0.05, 0) is 6.42 Å². The molecular formula is C8H14N2O6S. The van der Waals surface area contributed by atoms with E-state index in [9.17, 15) is 14.4 Å². The van der Waals surface area contributed by atoms with Crippen LogP contribution >= 0.6 is 12.6 Å². The minimum atomic E-state index is -1.26. The highest BCUT2D eigenvalue weighted by Crippen LogP contribution is 1.97. The van der Waals surface area contributed by atoms with Gasteiger partial charge in [0.15, 0.2) is 0 Å². The van der Waals surface area contributed by atoms with Gasteiger partial charge in [0, 0.05) is 12.2 Å². The van der Waals surface area contributed by atoms with Crippen LogP contribution in [0.2, 0.25) is 0 Å². The summed E-state index contributed by atoms with van der Waals surface area (Å²) >= 11 is 3.77. The van der Waals surface area contributed by atoms with Gasteiger partial charge < -0.3 is 15.3 Å². The second kappa shape index (κ2) is 7.87. The summed E-state index contributed by atoms with van der Waals surface area (Å²) in [6.07, 6.45) is -0.485. The second-order valence-corrected chi connectivity index (χ2v) is 3.55. The van der Waals surface area contributed by atoms with E-state index in [2.05, 4.69) is 23.5 Å². The maximum absolute atomic E-state index is 10.7. The molecule has 0 aromatic carbocycles. The number of hydrazine groups is 1. The lowest BCUT2D eigenvalue weighted by molar-refractivity contribution is -0.143. The molecule has 8 nitrogen and oxygen atoms in total. The third-order valence-corrected chi connectivity index (χ3v) is 2.22. The molecule has 0 radical (unpaired) electrons. The summed E-state index contributed by atoms with van der Waals surface area (Å²) in [5.41, 5.74) is 4.54. The quantitative estimate of drug-likeness (QED) is 0.226. The first-order valence-corrected chi connectivity index (χ1v) is 5.31. The van der Waals surface area contributed by atoms with Gasteiger partial charge in [0.2, 0.25) is 0 Å². The first-order valence-electron chi connectivity index (χ1n) is 4.67. The normalized spacial score (nSPS) is 13.9. The lowest BCUT2D eigenvalue weighted by Gasteiger charge is -2.17. The number of hydrogen-bond donors (Lipinski definition) is 6. The van der Waals surface area contributed by atoms with Crippen molar-refractivity contribution in [2.45, 2.75) is 24.9 Å². The van der Waals surface area contributed by atoms with Gasteiger partial charge in [-0.3, -0.25) is 14.4 Å². The fourth-order valence-electron chi connectivity index (χ4n) is 0.912. The van der Waals surface area contributed by atoms with Gasteiger partial charge in [-0.25, -0.2) is 10.9 Å². The minimum Gasteiger partial charge on any atom is -0.481 e. The number of nitrogens with one attached hydrogen (secondary N) is 2.